The highest BCUT2D eigenvalue weighted by atomic mass is 32.2. The van der Waals surface area contributed by atoms with Crippen LogP contribution in [-0.4, -0.2) is 31.8 Å². The molecule has 2 N–H and O–H groups in total. The Morgan fingerprint density at radius 3 is 2.40 bits per heavy atom. The lowest BCUT2D eigenvalue weighted by atomic mass is 10.3. The summed E-state index contributed by atoms with van der Waals surface area (Å²) in [7, 11) is 1.65. The fraction of sp³-hybridized carbons (Fsp3) is 0.455. The van der Waals surface area contributed by atoms with E-state index < -0.39 is 0 Å². The van der Waals surface area contributed by atoms with Crippen LogP contribution < -0.4 is 15.2 Å². The standard InChI is InChI=1S/C11H17NO2S/c1-13-10-2-4-11(5-3-10)14-7-9-15-8-6-12/h2-5H,6-9,12H2,1H3. The van der Waals surface area contributed by atoms with Crippen LogP contribution in [0.2, 0.25) is 0 Å². The average Bonchev–Trinajstić information content (AvgIpc) is 2.30. The summed E-state index contributed by atoms with van der Waals surface area (Å²) in [5.74, 6) is 3.69. The molecule has 0 aliphatic heterocycles. The summed E-state index contributed by atoms with van der Waals surface area (Å²) in [6, 6.07) is 7.60. The SMILES string of the molecule is COc1ccc(OCCSCCN)cc1. The van der Waals surface area contributed by atoms with Crippen molar-refractivity contribution in [3.8, 4) is 11.5 Å². The van der Waals surface area contributed by atoms with Gasteiger partial charge in [-0.1, -0.05) is 0 Å². The maximum atomic E-state index is 5.53. The van der Waals surface area contributed by atoms with E-state index in [-0.39, 0.29) is 0 Å². The maximum absolute atomic E-state index is 5.53. The van der Waals surface area contributed by atoms with Crippen LogP contribution in [-0.2, 0) is 0 Å². The number of hydrogen-bond donors (Lipinski definition) is 1. The van der Waals surface area contributed by atoms with Crippen LogP contribution >= 0.6 is 11.8 Å². The van der Waals surface area contributed by atoms with E-state index in [1.54, 1.807) is 18.9 Å². The van der Waals surface area contributed by atoms with Gasteiger partial charge in [0.15, 0.2) is 0 Å². The van der Waals surface area contributed by atoms with Crippen LogP contribution in [0.25, 0.3) is 0 Å². The molecule has 1 aromatic rings. The highest BCUT2D eigenvalue weighted by Crippen LogP contribution is 2.17. The first-order valence-corrected chi connectivity index (χ1v) is 6.07. The van der Waals surface area contributed by atoms with E-state index >= 15 is 0 Å². The molecule has 15 heavy (non-hydrogen) atoms. The van der Waals surface area contributed by atoms with Gasteiger partial charge < -0.3 is 15.2 Å². The molecule has 0 aliphatic rings. The minimum Gasteiger partial charge on any atom is -0.497 e. The second-order valence-corrected chi connectivity index (χ2v) is 4.15. The van der Waals surface area contributed by atoms with Gasteiger partial charge in [0, 0.05) is 18.1 Å². The first-order valence-electron chi connectivity index (χ1n) is 4.91. The molecule has 0 unspecified atom stereocenters. The zero-order valence-electron chi connectivity index (χ0n) is 8.94. The molecule has 0 radical (unpaired) electrons. The monoisotopic (exact) mass is 227 g/mol. The van der Waals surface area contributed by atoms with E-state index in [1.807, 2.05) is 24.3 Å². The molecule has 0 saturated carbocycles. The number of hydrogen-bond acceptors (Lipinski definition) is 4. The second kappa shape index (κ2) is 7.43. The van der Waals surface area contributed by atoms with Gasteiger partial charge in [0.05, 0.1) is 13.7 Å². The molecule has 0 amide bonds. The van der Waals surface area contributed by atoms with Crippen molar-refractivity contribution in [2.24, 2.45) is 5.73 Å². The van der Waals surface area contributed by atoms with Crippen molar-refractivity contribution in [1.29, 1.82) is 0 Å². The van der Waals surface area contributed by atoms with Gasteiger partial charge in [-0.15, -0.1) is 0 Å². The lowest BCUT2D eigenvalue weighted by molar-refractivity contribution is 0.342. The molecule has 0 aliphatic carbocycles. The lowest BCUT2D eigenvalue weighted by Crippen LogP contribution is -2.05. The molecule has 0 spiro atoms. The van der Waals surface area contributed by atoms with Crippen molar-refractivity contribution in [3.05, 3.63) is 24.3 Å². The van der Waals surface area contributed by atoms with Crippen LogP contribution in [0.3, 0.4) is 0 Å². The predicted octanol–water partition coefficient (Wildman–Crippen LogP) is 1.77. The molecular formula is C11H17NO2S. The molecule has 0 atom stereocenters. The molecule has 0 heterocycles. The van der Waals surface area contributed by atoms with Gasteiger partial charge in [-0.3, -0.25) is 0 Å². The Morgan fingerprint density at radius 2 is 1.80 bits per heavy atom. The van der Waals surface area contributed by atoms with E-state index in [9.17, 15) is 0 Å². The van der Waals surface area contributed by atoms with E-state index in [0.717, 1.165) is 36.2 Å². The number of nitrogens with two attached hydrogens (primary N) is 1. The highest BCUT2D eigenvalue weighted by Gasteiger charge is 1.94. The fourth-order valence-corrected chi connectivity index (χ4v) is 1.65. The Balaban J connectivity index is 2.20. The topological polar surface area (TPSA) is 44.5 Å². The Labute approximate surface area is 94.9 Å². The number of methoxy groups -OCH3 is 1. The quantitative estimate of drug-likeness (QED) is 0.721. The van der Waals surface area contributed by atoms with Crippen LogP contribution in [0.15, 0.2) is 24.3 Å². The molecule has 1 aromatic carbocycles. The zero-order chi connectivity index (χ0) is 10.9. The molecule has 0 fully saturated rings. The Bertz CT molecular complexity index is 264. The second-order valence-electron chi connectivity index (χ2n) is 2.93. The molecule has 0 bridgehead atoms. The summed E-state index contributed by atoms with van der Waals surface area (Å²) < 4.78 is 10.6. The fourth-order valence-electron chi connectivity index (χ4n) is 1.08. The van der Waals surface area contributed by atoms with Crippen LogP contribution in [0, 0.1) is 0 Å². The van der Waals surface area contributed by atoms with E-state index in [1.165, 1.54) is 0 Å². The van der Waals surface area contributed by atoms with Crippen molar-refractivity contribution in [3.63, 3.8) is 0 Å². The average molecular weight is 227 g/mol. The van der Waals surface area contributed by atoms with Gasteiger partial charge in [-0.25, -0.2) is 0 Å². The predicted molar refractivity (Wildman–Crippen MR) is 64.9 cm³/mol. The number of rotatable bonds is 7. The normalized spacial score (nSPS) is 10.0. The van der Waals surface area contributed by atoms with Gasteiger partial charge in [-0.2, -0.15) is 11.8 Å². The zero-order valence-corrected chi connectivity index (χ0v) is 9.76. The van der Waals surface area contributed by atoms with Crippen molar-refractivity contribution in [1.82, 2.24) is 0 Å². The highest BCUT2D eigenvalue weighted by molar-refractivity contribution is 7.99. The Kier molecular flexibility index (Phi) is 6.04. The van der Waals surface area contributed by atoms with Crippen LogP contribution in [0.4, 0.5) is 0 Å². The Morgan fingerprint density at radius 1 is 1.13 bits per heavy atom. The van der Waals surface area contributed by atoms with Crippen LogP contribution in [0.1, 0.15) is 0 Å². The maximum Gasteiger partial charge on any atom is 0.119 e. The van der Waals surface area contributed by atoms with E-state index in [0.29, 0.717) is 0 Å². The first-order chi connectivity index (χ1) is 7.36. The van der Waals surface area contributed by atoms with E-state index in [4.69, 9.17) is 15.2 Å². The molecule has 0 aromatic heterocycles. The lowest BCUT2D eigenvalue weighted by Gasteiger charge is -2.06. The number of benzene rings is 1. The van der Waals surface area contributed by atoms with Gasteiger partial charge >= 0.3 is 0 Å². The minimum absolute atomic E-state index is 0.719. The summed E-state index contributed by atoms with van der Waals surface area (Å²) in [5, 5.41) is 0. The van der Waals surface area contributed by atoms with Crippen molar-refractivity contribution < 1.29 is 9.47 Å². The third-order valence-electron chi connectivity index (χ3n) is 1.82. The summed E-state index contributed by atoms with van der Waals surface area (Å²) in [6.07, 6.45) is 0. The van der Waals surface area contributed by atoms with Crippen molar-refractivity contribution in [2.45, 2.75) is 0 Å². The van der Waals surface area contributed by atoms with E-state index in [2.05, 4.69) is 0 Å². The largest absolute Gasteiger partial charge is 0.497 e. The van der Waals surface area contributed by atoms with Gasteiger partial charge in [-0.05, 0) is 24.3 Å². The van der Waals surface area contributed by atoms with Gasteiger partial charge in [0.2, 0.25) is 0 Å². The first kappa shape index (κ1) is 12.2. The summed E-state index contributed by atoms with van der Waals surface area (Å²) in [5.41, 5.74) is 5.38. The third kappa shape index (κ3) is 4.95. The molecular weight excluding hydrogens is 210 g/mol. The Hall–Kier alpha value is -0.870. The molecule has 0 saturated heterocycles. The summed E-state index contributed by atoms with van der Waals surface area (Å²) in [6.45, 7) is 1.45. The summed E-state index contributed by atoms with van der Waals surface area (Å²) >= 11 is 1.81. The van der Waals surface area contributed by atoms with Gasteiger partial charge in [0.1, 0.15) is 11.5 Å². The third-order valence-corrected chi connectivity index (χ3v) is 2.80. The molecule has 84 valence electrons. The van der Waals surface area contributed by atoms with Gasteiger partial charge in [0.25, 0.3) is 0 Å². The molecule has 4 heteroatoms. The van der Waals surface area contributed by atoms with Crippen LogP contribution in [0.5, 0.6) is 11.5 Å². The van der Waals surface area contributed by atoms with Crippen molar-refractivity contribution in [2.75, 3.05) is 31.8 Å². The minimum atomic E-state index is 0.719. The smallest absolute Gasteiger partial charge is 0.119 e. The number of thioether (sulfide) groups is 1. The molecule has 3 nitrogen and oxygen atoms in total. The summed E-state index contributed by atoms with van der Waals surface area (Å²) in [4.78, 5) is 0. The molecule has 1 rings (SSSR count). The number of ether oxygens (including phenoxy) is 2. The van der Waals surface area contributed by atoms with Crippen molar-refractivity contribution >= 4 is 11.8 Å².